The Bertz CT molecular complexity index is 776. The number of urea groups is 1. The van der Waals surface area contributed by atoms with Crippen molar-refractivity contribution in [1.29, 1.82) is 0 Å². The van der Waals surface area contributed by atoms with Crippen molar-refractivity contribution in [3.8, 4) is 0 Å². The number of benzene rings is 1. The predicted molar refractivity (Wildman–Crippen MR) is 99.7 cm³/mol. The molecule has 0 aliphatic rings. The van der Waals surface area contributed by atoms with Gasteiger partial charge in [-0.3, -0.25) is 4.79 Å². The summed E-state index contributed by atoms with van der Waals surface area (Å²) in [5, 5.41) is 8.38. The fourth-order valence-electron chi connectivity index (χ4n) is 2.26. The topological polar surface area (TPSA) is 92.6 Å². The van der Waals surface area contributed by atoms with Gasteiger partial charge in [0.05, 0.1) is 23.2 Å². The van der Waals surface area contributed by atoms with Crippen molar-refractivity contribution in [3.05, 3.63) is 52.4 Å². The molecule has 1 heterocycles. The third-order valence-electron chi connectivity index (χ3n) is 3.60. The van der Waals surface area contributed by atoms with Crippen molar-refractivity contribution < 1.29 is 18.7 Å². The zero-order valence-electron chi connectivity index (χ0n) is 14.9. The fourth-order valence-corrected chi connectivity index (χ4v) is 2.53. The molecule has 0 radical (unpaired) electrons. The minimum absolute atomic E-state index is 0.243. The van der Waals surface area contributed by atoms with Crippen LogP contribution >= 0.6 is 11.6 Å². The van der Waals surface area contributed by atoms with Crippen LogP contribution in [0.4, 0.5) is 10.5 Å². The standard InChI is InChI=1S/C18H22ClN3O4/c1-11-4-7-16(26-11)12(2)21-18(24)22-13-5-6-14(15(19)10-13)17(23)20-8-9-25-3/h4-7,10,12H,8-9H2,1-3H3,(H,20,23)(H2,21,22,24). The molecule has 1 aromatic heterocycles. The molecule has 0 saturated carbocycles. The van der Waals surface area contributed by atoms with Crippen LogP contribution in [0.15, 0.2) is 34.7 Å². The van der Waals surface area contributed by atoms with E-state index in [0.717, 1.165) is 5.76 Å². The first-order valence-electron chi connectivity index (χ1n) is 8.11. The molecule has 1 aromatic carbocycles. The largest absolute Gasteiger partial charge is 0.464 e. The molecule has 1 unspecified atom stereocenters. The van der Waals surface area contributed by atoms with Crippen LogP contribution in [0.5, 0.6) is 0 Å². The second-order valence-electron chi connectivity index (χ2n) is 5.71. The Balaban J connectivity index is 1.94. The van der Waals surface area contributed by atoms with Crippen LogP contribution in [0.1, 0.15) is 34.8 Å². The molecule has 140 valence electrons. The van der Waals surface area contributed by atoms with E-state index in [0.29, 0.717) is 30.2 Å². The lowest BCUT2D eigenvalue weighted by molar-refractivity contribution is 0.0937. The summed E-state index contributed by atoms with van der Waals surface area (Å²) in [7, 11) is 1.55. The van der Waals surface area contributed by atoms with Crippen LogP contribution in [0, 0.1) is 6.92 Å². The number of halogens is 1. The normalized spacial score (nSPS) is 11.7. The Hall–Kier alpha value is -2.51. The fraction of sp³-hybridized carbons (Fsp3) is 0.333. The zero-order chi connectivity index (χ0) is 19.1. The number of aryl methyl sites for hydroxylation is 1. The van der Waals surface area contributed by atoms with Gasteiger partial charge in [-0.15, -0.1) is 0 Å². The highest BCUT2D eigenvalue weighted by molar-refractivity contribution is 6.34. The van der Waals surface area contributed by atoms with E-state index in [-0.39, 0.29) is 17.0 Å². The van der Waals surface area contributed by atoms with Crippen molar-refractivity contribution in [2.45, 2.75) is 19.9 Å². The number of methoxy groups -OCH3 is 1. The lowest BCUT2D eigenvalue weighted by Gasteiger charge is -2.13. The molecule has 3 N–H and O–H groups in total. The van der Waals surface area contributed by atoms with Crippen molar-refractivity contribution in [2.24, 2.45) is 0 Å². The zero-order valence-corrected chi connectivity index (χ0v) is 15.6. The van der Waals surface area contributed by atoms with Crippen molar-refractivity contribution in [1.82, 2.24) is 10.6 Å². The van der Waals surface area contributed by atoms with E-state index in [2.05, 4.69) is 16.0 Å². The van der Waals surface area contributed by atoms with E-state index in [1.807, 2.05) is 26.0 Å². The molecule has 0 aliphatic carbocycles. The highest BCUT2D eigenvalue weighted by Gasteiger charge is 2.14. The van der Waals surface area contributed by atoms with Crippen LogP contribution < -0.4 is 16.0 Å². The number of carbonyl (C=O) groups excluding carboxylic acids is 2. The van der Waals surface area contributed by atoms with Gasteiger partial charge in [-0.1, -0.05) is 11.6 Å². The number of hydrogen-bond acceptors (Lipinski definition) is 4. The summed E-state index contributed by atoms with van der Waals surface area (Å²) < 4.78 is 10.4. The Labute approximate surface area is 157 Å². The predicted octanol–water partition coefficient (Wildman–Crippen LogP) is 3.50. The second kappa shape index (κ2) is 9.26. The van der Waals surface area contributed by atoms with Gasteiger partial charge < -0.3 is 25.1 Å². The third kappa shape index (κ3) is 5.50. The molecule has 0 fully saturated rings. The average Bonchev–Trinajstić information content (AvgIpc) is 3.01. The van der Waals surface area contributed by atoms with Gasteiger partial charge >= 0.3 is 6.03 Å². The lowest BCUT2D eigenvalue weighted by Crippen LogP contribution is -2.31. The number of hydrogen-bond donors (Lipinski definition) is 3. The Morgan fingerprint density at radius 2 is 2.04 bits per heavy atom. The van der Waals surface area contributed by atoms with Gasteiger partial charge in [0.15, 0.2) is 0 Å². The SMILES string of the molecule is COCCNC(=O)c1ccc(NC(=O)NC(C)c2ccc(C)o2)cc1Cl. The van der Waals surface area contributed by atoms with Gasteiger partial charge in [0, 0.05) is 19.3 Å². The molecule has 2 rings (SSSR count). The Morgan fingerprint density at radius 3 is 2.65 bits per heavy atom. The number of amides is 3. The Kier molecular flexibility index (Phi) is 7.06. The Morgan fingerprint density at radius 1 is 1.27 bits per heavy atom. The average molecular weight is 380 g/mol. The summed E-state index contributed by atoms with van der Waals surface area (Å²) in [6.07, 6.45) is 0. The molecule has 0 spiro atoms. The van der Waals surface area contributed by atoms with E-state index in [9.17, 15) is 9.59 Å². The van der Waals surface area contributed by atoms with Gasteiger partial charge in [-0.05, 0) is 44.2 Å². The minimum Gasteiger partial charge on any atom is -0.464 e. The summed E-state index contributed by atoms with van der Waals surface area (Å²) in [5.74, 6) is 1.14. The molecule has 8 heteroatoms. The van der Waals surface area contributed by atoms with Crippen LogP contribution in [-0.4, -0.2) is 32.2 Å². The number of nitrogens with one attached hydrogen (secondary N) is 3. The molecule has 2 aromatic rings. The third-order valence-corrected chi connectivity index (χ3v) is 3.91. The molecule has 0 saturated heterocycles. The lowest BCUT2D eigenvalue weighted by atomic mass is 10.2. The summed E-state index contributed by atoms with van der Waals surface area (Å²) in [6, 6.07) is 7.65. The van der Waals surface area contributed by atoms with E-state index < -0.39 is 6.03 Å². The monoisotopic (exact) mass is 379 g/mol. The van der Waals surface area contributed by atoms with Gasteiger partial charge in [-0.25, -0.2) is 4.79 Å². The molecular weight excluding hydrogens is 358 g/mol. The maximum absolute atomic E-state index is 12.1. The van der Waals surface area contributed by atoms with Gasteiger partial charge in [-0.2, -0.15) is 0 Å². The van der Waals surface area contributed by atoms with Crippen molar-refractivity contribution in [2.75, 3.05) is 25.6 Å². The van der Waals surface area contributed by atoms with E-state index in [1.165, 1.54) is 6.07 Å². The van der Waals surface area contributed by atoms with Crippen LogP contribution in [-0.2, 0) is 4.74 Å². The summed E-state index contributed by atoms with van der Waals surface area (Å²) in [5.41, 5.74) is 0.803. The molecule has 26 heavy (non-hydrogen) atoms. The maximum atomic E-state index is 12.1. The molecule has 0 aliphatic heterocycles. The van der Waals surface area contributed by atoms with Crippen molar-refractivity contribution >= 4 is 29.2 Å². The van der Waals surface area contributed by atoms with Gasteiger partial charge in [0.2, 0.25) is 0 Å². The van der Waals surface area contributed by atoms with E-state index >= 15 is 0 Å². The first kappa shape index (κ1) is 19.8. The quantitative estimate of drug-likeness (QED) is 0.642. The van der Waals surface area contributed by atoms with Crippen LogP contribution in [0.3, 0.4) is 0 Å². The summed E-state index contributed by atoms with van der Waals surface area (Å²) in [4.78, 5) is 24.1. The number of anilines is 1. The number of rotatable bonds is 7. The van der Waals surface area contributed by atoms with Gasteiger partial charge in [0.1, 0.15) is 11.5 Å². The van der Waals surface area contributed by atoms with Crippen LogP contribution in [0.2, 0.25) is 5.02 Å². The van der Waals surface area contributed by atoms with E-state index in [1.54, 1.807) is 19.2 Å². The summed E-state index contributed by atoms with van der Waals surface area (Å²) in [6.45, 7) is 4.46. The van der Waals surface area contributed by atoms with Crippen molar-refractivity contribution in [3.63, 3.8) is 0 Å². The molecule has 7 nitrogen and oxygen atoms in total. The highest BCUT2D eigenvalue weighted by Crippen LogP contribution is 2.21. The number of ether oxygens (including phenoxy) is 1. The highest BCUT2D eigenvalue weighted by atomic mass is 35.5. The first-order chi connectivity index (χ1) is 12.4. The number of furan rings is 1. The first-order valence-corrected chi connectivity index (χ1v) is 8.49. The van der Waals surface area contributed by atoms with E-state index in [4.69, 9.17) is 20.8 Å². The molecule has 3 amide bonds. The smallest absolute Gasteiger partial charge is 0.319 e. The molecule has 1 atom stereocenters. The number of carbonyl (C=O) groups is 2. The van der Waals surface area contributed by atoms with Crippen LogP contribution in [0.25, 0.3) is 0 Å². The molecular formula is C18H22ClN3O4. The minimum atomic E-state index is -0.403. The van der Waals surface area contributed by atoms with Gasteiger partial charge in [0.25, 0.3) is 5.91 Å². The maximum Gasteiger partial charge on any atom is 0.319 e. The second-order valence-corrected chi connectivity index (χ2v) is 6.12. The summed E-state index contributed by atoms with van der Waals surface area (Å²) >= 11 is 6.15. The molecule has 0 bridgehead atoms.